The van der Waals surface area contributed by atoms with Crippen LogP contribution in [0, 0.1) is 0 Å². The smallest absolute Gasteiger partial charge is 0.416 e. The van der Waals surface area contributed by atoms with Gasteiger partial charge in [-0.15, -0.1) is 0 Å². The highest BCUT2D eigenvalue weighted by molar-refractivity contribution is 8.26. The zero-order valence-electron chi connectivity index (χ0n) is 16.9. The Kier molecular flexibility index (Phi) is 6.57. The number of alkyl halides is 3. The predicted octanol–water partition coefficient (Wildman–Crippen LogP) is 6.67. The number of rotatable bonds is 4. The molecule has 2 aromatic rings. The molecular weight excluding hydrogens is 511 g/mol. The van der Waals surface area contributed by atoms with Gasteiger partial charge in [0, 0.05) is 17.8 Å². The number of carbonyl (C=O) groups is 2. The van der Waals surface area contributed by atoms with Gasteiger partial charge in [0.2, 0.25) is 0 Å². The molecule has 1 N–H and O–H groups in total. The Labute approximate surface area is 205 Å². The molecule has 174 valence electrons. The number of halogens is 4. The molecule has 1 saturated heterocycles. The van der Waals surface area contributed by atoms with Crippen molar-refractivity contribution in [1.29, 1.82) is 0 Å². The molecule has 0 unspecified atom stereocenters. The molecule has 0 radical (unpaired) electrons. The largest absolute Gasteiger partial charge is 0.478 e. The van der Waals surface area contributed by atoms with Gasteiger partial charge in [-0.1, -0.05) is 47.7 Å². The van der Waals surface area contributed by atoms with Crippen molar-refractivity contribution in [2.45, 2.75) is 12.6 Å². The number of thioether (sulfide) groups is 1. The van der Waals surface area contributed by atoms with Crippen molar-refractivity contribution < 1.29 is 32.3 Å². The molecule has 1 aromatic carbocycles. The first-order valence-corrected chi connectivity index (χ1v) is 11.2. The third-order valence-electron chi connectivity index (χ3n) is 4.86. The Bertz CT molecular complexity index is 1340. The normalized spacial score (nSPS) is 18.8. The lowest BCUT2D eigenvalue weighted by Gasteiger charge is -2.12. The minimum absolute atomic E-state index is 0.0753. The van der Waals surface area contributed by atoms with E-state index in [0.29, 0.717) is 12.0 Å². The molecule has 1 aliphatic carbocycles. The van der Waals surface area contributed by atoms with Crippen LogP contribution in [-0.2, 0) is 15.8 Å². The summed E-state index contributed by atoms with van der Waals surface area (Å²) in [6.07, 6.45) is 3.36. The highest BCUT2D eigenvalue weighted by Crippen LogP contribution is 2.38. The molecule has 0 atom stereocenters. The van der Waals surface area contributed by atoms with Crippen LogP contribution in [-0.4, -0.2) is 26.2 Å². The highest BCUT2D eigenvalue weighted by atomic mass is 35.5. The van der Waals surface area contributed by atoms with Crippen molar-refractivity contribution in [3.05, 3.63) is 87.2 Å². The van der Waals surface area contributed by atoms with Gasteiger partial charge in [0.15, 0.2) is 4.32 Å². The lowest BCUT2D eigenvalue weighted by molar-refractivity contribution is -0.137. The summed E-state index contributed by atoms with van der Waals surface area (Å²) in [5.41, 5.74) is 0.0751. The highest BCUT2D eigenvalue weighted by Gasteiger charge is 2.32. The van der Waals surface area contributed by atoms with Gasteiger partial charge in [-0.2, -0.15) is 13.2 Å². The van der Waals surface area contributed by atoms with Gasteiger partial charge < -0.3 is 9.52 Å². The maximum Gasteiger partial charge on any atom is 0.416 e. The zero-order chi connectivity index (χ0) is 24.6. The Morgan fingerprint density at radius 1 is 1.24 bits per heavy atom. The van der Waals surface area contributed by atoms with Crippen LogP contribution >= 0.6 is 35.6 Å². The number of hydrogen-bond acceptors (Lipinski definition) is 5. The lowest BCUT2D eigenvalue weighted by Crippen LogP contribution is -2.22. The van der Waals surface area contributed by atoms with Crippen molar-refractivity contribution in [3.8, 4) is 11.3 Å². The minimum Gasteiger partial charge on any atom is -0.478 e. The summed E-state index contributed by atoms with van der Waals surface area (Å²) in [4.78, 5) is 25.4. The van der Waals surface area contributed by atoms with Crippen molar-refractivity contribution in [2.24, 2.45) is 0 Å². The molecule has 0 spiro atoms. The lowest BCUT2D eigenvalue weighted by atomic mass is 10.0. The number of hydrogen-bond donors (Lipinski definition) is 1. The number of allylic oxidation sites excluding steroid dienone is 3. The van der Waals surface area contributed by atoms with Gasteiger partial charge in [0.1, 0.15) is 11.5 Å². The van der Waals surface area contributed by atoms with Crippen molar-refractivity contribution in [2.75, 3.05) is 0 Å². The molecule has 5 nitrogen and oxygen atoms in total. The summed E-state index contributed by atoms with van der Waals surface area (Å²) < 4.78 is 45.1. The van der Waals surface area contributed by atoms with Crippen molar-refractivity contribution >= 4 is 57.9 Å². The zero-order valence-corrected chi connectivity index (χ0v) is 19.3. The third kappa shape index (κ3) is 5.03. The Morgan fingerprint density at radius 3 is 2.65 bits per heavy atom. The van der Waals surface area contributed by atoms with E-state index in [4.69, 9.17) is 33.3 Å². The van der Waals surface area contributed by atoms with Crippen LogP contribution in [0.15, 0.2) is 75.2 Å². The van der Waals surface area contributed by atoms with E-state index in [1.165, 1.54) is 35.3 Å². The van der Waals surface area contributed by atoms with Gasteiger partial charge in [-0.25, -0.2) is 4.79 Å². The average Bonchev–Trinajstić information content (AvgIpc) is 3.34. The number of carbonyl (C=O) groups excluding carboxylic acids is 1. The van der Waals surface area contributed by atoms with Crippen LogP contribution in [0.5, 0.6) is 0 Å². The summed E-state index contributed by atoms with van der Waals surface area (Å²) in [7, 11) is 0. The quantitative estimate of drug-likeness (QED) is 0.356. The number of amides is 1. The predicted molar refractivity (Wildman–Crippen MR) is 127 cm³/mol. The third-order valence-corrected chi connectivity index (χ3v) is 6.52. The number of benzene rings is 1. The number of carboxylic acid groups (broad SMARTS) is 1. The maximum atomic E-state index is 13.1. The van der Waals surface area contributed by atoms with Crippen LogP contribution in [0.1, 0.15) is 17.7 Å². The topological polar surface area (TPSA) is 70.8 Å². The van der Waals surface area contributed by atoms with Crippen LogP contribution in [0.4, 0.5) is 13.2 Å². The van der Waals surface area contributed by atoms with Gasteiger partial charge in [-0.3, -0.25) is 9.69 Å². The summed E-state index contributed by atoms with van der Waals surface area (Å²) >= 11 is 12.4. The fraction of sp³-hybridized carbons (Fsp3) is 0.0870. The molecule has 0 bridgehead atoms. The van der Waals surface area contributed by atoms with Crippen molar-refractivity contribution in [1.82, 2.24) is 4.90 Å². The number of aliphatic carboxylic acids is 1. The van der Waals surface area contributed by atoms with E-state index in [1.807, 2.05) is 0 Å². The number of thiocarbonyl (C=S) groups is 1. The van der Waals surface area contributed by atoms with E-state index in [-0.39, 0.29) is 36.9 Å². The van der Waals surface area contributed by atoms with Crippen LogP contribution in [0.3, 0.4) is 0 Å². The van der Waals surface area contributed by atoms with E-state index < -0.39 is 23.6 Å². The van der Waals surface area contributed by atoms with Crippen LogP contribution in [0.25, 0.3) is 17.4 Å². The molecule has 2 aliphatic rings. The van der Waals surface area contributed by atoms with Crippen LogP contribution < -0.4 is 0 Å². The fourth-order valence-electron chi connectivity index (χ4n) is 3.17. The molecule has 34 heavy (non-hydrogen) atoms. The second kappa shape index (κ2) is 9.28. The molecule has 0 saturated carbocycles. The van der Waals surface area contributed by atoms with E-state index in [9.17, 15) is 22.8 Å². The molecule has 4 rings (SSSR count). The number of carboxylic acids is 1. The fourth-order valence-corrected chi connectivity index (χ4v) is 4.57. The molecule has 1 aromatic heterocycles. The Morgan fingerprint density at radius 2 is 2.00 bits per heavy atom. The molecule has 2 heterocycles. The minimum atomic E-state index is -4.53. The van der Waals surface area contributed by atoms with E-state index in [0.717, 1.165) is 30.0 Å². The van der Waals surface area contributed by atoms with Gasteiger partial charge in [-0.05, 0) is 48.4 Å². The van der Waals surface area contributed by atoms with E-state index in [2.05, 4.69) is 0 Å². The molecule has 1 amide bonds. The summed E-state index contributed by atoms with van der Waals surface area (Å²) in [5.74, 6) is -1.08. The van der Waals surface area contributed by atoms with Crippen molar-refractivity contribution in [3.63, 3.8) is 0 Å². The van der Waals surface area contributed by atoms with E-state index >= 15 is 0 Å². The first-order valence-electron chi connectivity index (χ1n) is 9.59. The second-order valence-corrected chi connectivity index (χ2v) is 9.24. The Hall–Kier alpha value is -3.08. The van der Waals surface area contributed by atoms with Gasteiger partial charge in [0.25, 0.3) is 5.91 Å². The average molecular weight is 524 g/mol. The first-order chi connectivity index (χ1) is 16.0. The van der Waals surface area contributed by atoms with Crippen LogP contribution in [0.2, 0.25) is 5.02 Å². The summed E-state index contributed by atoms with van der Waals surface area (Å²) in [6.45, 7) is 0. The summed E-state index contributed by atoms with van der Waals surface area (Å²) in [5, 5.41) is 9.10. The second-order valence-electron chi connectivity index (χ2n) is 7.15. The maximum absolute atomic E-state index is 13.1. The Balaban J connectivity index is 1.55. The molecule has 11 heteroatoms. The first kappa shape index (κ1) is 24.1. The van der Waals surface area contributed by atoms with E-state index in [1.54, 1.807) is 12.3 Å². The molecule has 1 fully saturated rings. The standard InChI is InChI=1S/C23H13ClF3NO4S2/c24-17-7-5-14(23(25,26)27)9-16(17)18-8-6-15(32-18)10-19-20(29)28(22(33)34-19)11-12-1-3-13(4-2-12)21(30)31/h1,3-11H,2H2,(H,30,31)/b12-11-,19-10+. The van der Waals surface area contributed by atoms with Gasteiger partial charge >= 0.3 is 12.1 Å². The monoisotopic (exact) mass is 523 g/mol. The molecular formula is C23H13ClF3NO4S2. The molecule has 1 aliphatic heterocycles. The summed E-state index contributed by atoms with van der Waals surface area (Å²) in [6, 6.07) is 5.91. The van der Waals surface area contributed by atoms with Gasteiger partial charge in [0.05, 0.1) is 21.1 Å². The SMILES string of the molecule is O=C(O)C1=CC/C(=C\N2C(=O)/C(=C\c3ccc(-c4cc(C(F)(F)F)ccc4Cl)o3)SC2=S)C=C1. The number of nitrogens with zero attached hydrogens (tertiary/aromatic N) is 1. The number of furan rings is 1.